The minimum absolute atomic E-state index is 0.297. The summed E-state index contributed by atoms with van der Waals surface area (Å²) < 4.78 is 0. The summed E-state index contributed by atoms with van der Waals surface area (Å²) in [5, 5.41) is 19.3. The van der Waals surface area contributed by atoms with Crippen LogP contribution in [0.4, 0.5) is 0 Å². The van der Waals surface area contributed by atoms with Crippen LogP contribution in [0.5, 0.6) is 0 Å². The van der Waals surface area contributed by atoms with E-state index < -0.39 is 17.5 Å². The van der Waals surface area contributed by atoms with E-state index in [4.69, 9.17) is 0 Å². The number of benzene rings is 1. The van der Waals surface area contributed by atoms with Crippen molar-refractivity contribution in [2.75, 3.05) is 0 Å². The van der Waals surface area contributed by atoms with E-state index in [1.54, 1.807) is 19.1 Å². The number of carbonyl (C=O) groups is 1. The molecule has 2 atom stereocenters. The third kappa shape index (κ3) is 3.42. The van der Waals surface area contributed by atoms with E-state index >= 15 is 0 Å². The summed E-state index contributed by atoms with van der Waals surface area (Å²) in [4.78, 5) is 11.7. The van der Waals surface area contributed by atoms with Crippen molar-refractivity contribution in [1.29, 1.82) is 0 Å². The van der Waals surface area contributed by atoms with Crippen LogP contribution in [0.2, 0.25) is 0 Å². The van der Waals surface area contributed by atoms with Crippen molar-refractivity contribution < 1.29 is 15.0 Å². The first kappa shape index (κ1) is 13.4. The molecule has 1 aromatic carbocycles. The lowest BCUT2D eigenvalue weighted by molar-refractivity contribution is -0.141. The maximum Gasteiger partial charge on any atom is 0.239 e. The van der Waals surface area contributed by atoms with Crippen molar-refractivity contribution in [2.24, 2.45) is 0 Å². The van der Waals surface area contributed by atoms with Gasteiger partial charge in [0.25, 0.3) is 0 Å². The van der Waals surface area contributed by atoms with Crippen molar-refractivity contribution in [1.82, 2.24) is 0 Å². The molecular formula is C14H16O3. The van der Waals surface area contributed by atoms with Gasteiger partial charge in [-0.25, -0.2) is 0 Å². The summed E-state index contributed by atoms with van der Waals surface area (Å²) >= 11 is 0. The van der Waals surface area contributed by atoms with Gasteiger partial charge in [0.2, 0.25) is 5.78 Å². The third-order valence-electron chi connectivity index (χ3n) is 2.59. The fourth-order valence-corrected chi connectivity index (χ4v) is 1.33. The molecule has 1 aromatic rings. The van der Waals surface area contributed by atoms with Crippen LogP contribution in [0.15, 0.2) is 30.3 Å². The molecule has 0 unspecified atom stereocenters. The predicted molar refractivity (Wildman–Crippen MR) is 65.2 cm³/mol. The number of hydrogen-bond acceptors (Lipinski definition) is 3. The molecule has 3 nitrogen and oxygen atoms in total. The molecule has 0 amide bonds. The van der Waals surface area contributed by atoms with Crippen molar-refractivity contribution in [3.05, 3.63) is 35.9 Å². The average molecular weight is 232 g/mol. The van der Waals surface area contributed by atoms with E-state index in [0.717, 1.165) is 0 Å². The van der Waals surface area contributed by atoms with E-state index in [9.17, 15) is 15.0 Å². The minimum Gasteiger partial charge on any atom is -0.390 e. The second kappa shape index (κ2) is 5.62. The Balaban J connectivity index is 2.83. The number of carbonyl (C=O) groups excluding carboxylic acids is 1. The van der Waals surface area contributed by atoms with E-state index in [-0.39, 0.29) is 0 Å². The second-order valence-corrected chi connectivity index (χ2v) is 4.02. The number of hydrogen-bond donors (Lipinski definition) is 2. The van der Waals surface area contributed by atoms with Crippen molar-refractivity contribution in [3.63, 3.8) is 0 Å². The monoisotopic (exact) mass is 232 g/mol. The van der Waals surface area contributed by atoms with Crippen LogP contribution in [0.25, 0.3) is 0 Å². The number of rotatable bonds is 3. The predicted octanol–water partition coefficient (Wildman–Crippen LogP) is 1.13. The molecule has 0 aliphatic carbocycles. The molecule has 0 saturated heterocycles. The Bertz CT molecular complexity index is 438. The standard InChI is InChI=1S/C14H16O3/c1-3-12(15)14(2,17)13(16)10-9-11-7-5-4-6-8-11/h4-8,12,15,17H,3H2,1-2H3/t12-,14+/m0/s1. The highest BCUT2D eigenvalue weighted by molar-refractivity contribution is 6.02. The minimum atomic E-state index is -1.81. The molecule has 0 heterocycles. The van der Waals surface area contributed by atoms with Gasteiger partial charge in [-0.15, -0.1) is 0 Å². The van der Waals surface area contributed by atoms with E-state index in [0.29, 0.717) is 12.0 Å². The van der Waals surface area contributed by atoms with Gasteiger partial charge in [-0.3, -0.25) is 4.79 Å². The Morgan fingerprint density at radius 2 is 2.00 bits per heavy atom. The Labute approximate surface area is 101 Å². The molecular weight excluding hydrogens is 216 g/mol. The van der Waals surface area contributed by atoms with Crippen LogP contribution in [0, 0.1) is 11.8 Å². The quantitative estimate of drug-likeness (QED) is 0.768. The van der Waals surface area contributed by atoms with Gasteiger partial charge >= 0.3 is 0 Å². The topological polar surface area (TPSA) is 57.5 Å². The van der Waals surface area contributed by atoms with Crippen LogP contribution in [0.3, 0.4) is 0 Å². The maximum atomic E-state index is 11.7. The van der Waals surface area contributed by atoms with Gasteiger partial charge in [-0.2, -0.15) is 0 Å². The molecule has 0 bridgehead atoms. The smallest absolute Gasteiger partial charge is 0.239 e. The number of aliphatic hydroxyl groups excluding tert-OH is 1. The summed E-state index contributed by atoms with van der Waals surface area (Å²) in [7, 11) is 0. The van der Waals surface area contributed by atoms with Gasteiger partial charge in [0.1, 0.15) is 0 Å². The zero-order valence-corrected chi connectivity index (χ0v) is 9.97. The third-order valence-corrected chi connectivity index (χ3v) is 2.59. The highest BCUT2D eigenvalue weighted by atomic mass is 16.3. The Morgan fingerprint density at radius 3 is 2.53 bits per heavy atom. The fraction of sp³-hybridized carbons (Fsp3) is 0.357. The molecule has 0 radical (unpaired) electrons. The highest BCUT2D eigenvalue weighted by Gasteiger charge is 2.36. The SMILES string of the molecule is CC[C@H](O)[C@@](C)(O)C(=O)C#Cc1ccccc1. The van der Waals surface area contributed by atoms with Crippen LogP contribution in [-0.4, -0.2) is 27.7 Å². The highest BCUT2D eigenvalue weighted by Crippen LogP contribution is 2.13. The lowest BCUT2D eigenvalue weighted by Gasteiger charge is -2.24. The average Bonchev–Trinajstić information content (AvgIpc) is 2.35. The normalized spacial score (nSPS) is 15.3. The molecule has 90 valence electrons. The zero-order chi connectivity index (χ0) is 12.9. The first-order chi connectivity index (χ1) is 7.98. The Hall–Kier alpha value is -1.63. The van der Waals surface area contributed by atoms with Gasteiger partial charge in [-0.05, 0) is 31.4 Å². The molecule has 0 saturated carbocycles. The van der Waals surface area contributed by atoms with E-state index in [1.807, 2.05) is 18.2 Å². The van der Waals surface area contributed by atoms with Gasteiger partial charge in [-0.1, -0.05) is 31.0 Å². The van der Waals surface area contributed by atoms with Gasteiger partial charge in [0.05, 0.1) is 6.10 Å². The molecule has 0 aromatic heterocycles. The molecule has 0 fully saturated rings. The Kier molecular flexibility index (Phi) is 4.45. The zero-order valence-electron chi connectivity index (χ0n) is 9.97. The number of Topliss-reactive ketones (excluding diaryl/α,β-unsaturated/α-hetero) is 1. The first-order valence-electron chi connectivity index (χ1n) is 5.50. The van der Waals surface area contributed by atoms with Crippen LogP contribution >= 0.6 is 0 Å². The number of aliphatic hydroxyl groups is 2. The van der Waals surface area contributed by atoms with Crippen LogP contribution in [-0.2, 0) is 4.79 Å². The molecule has 0 aliphatic rings. The fourth-order valence-electron chi connectivity index (χ4n) is 1.33. The summed E-state index contributed by atoms with van der Waals surface area (Å²) in [6, 6.07) is 9.02. The molecule has 2 N–H and O–H groups in total. The lowest BCUT2D eigenvalue weighted by atomic mass is 9.92. The van der Waals surface area contributed by atoms with Gasteiger partial charge in [0.15, 0.2) is 5.60 Å². The molecule has 17 heavy (non-hydrogen) atoms. The molecule has 0 aliphatic heterocycles. The largest absolute Gasteiger partial charge is 0.390 e. The molecule has 0 spiro atoms. The van der Waals surface area contributed by atoms with Crippen molar-refractivity contribution >= 4 is 5.78 Å². The van der Waals surface area contributed by atoms with Crippen LogP contribution in [0.1, 0.15) is 25.8 Å². The second-order valence-electron chi connectivity index (χ2n) is 4.02. The lowest BCUT2D eigenvalue weighted by Crippen LogP contribution is -2.45. The summed E-state index contributed by atoms with van der Waals surface area (Å²) in [5.41, 5.74) is -1.11. The van der Waals surface area contributed by atoms with Gasteiger partial charge < -0.3 is 10.2 Å². The van der Waals surface area contributed by atoms with Crippen molar-refractivity contribution in [2.45, 2.75) is 32.0 Å². The summed E-state index contributed by atoms with van der Waals surface area (Å²) in [6.07, 6.45) is -0.800. The summed E-state index contributed by atoms with van der Waals surface area (Å²) in [5.74, 6) is 4.34. The molecule has 1 rings (SSSR count). The Morgan fingerprint density at radius 1 is 1.41 bits per heavy atom. The van der Waals surface area contributed by atoms with Gasteiger partial charge in [0, 0.05) is 5.56 Å². The van der Waals surface area contributed by atoms with E-state index in [1.165, 1.54) is 6.92 Å². The number of ketones is 1. The first-order valence-corrected chi connectivity index (χ1v) is 5.50. The maximum absolute atomic E-state index is 11.7. The van der Waals surface area contributed by atoms with Crippen LogP contribution < -0.4 is 0 Å². The summed E-state index contributed by atoms with van der Waals surface area (Å²) in [6.45, 7) is 2.97. The molecule has 3 heteroatoms. The van der Waals surface area contributed by atoms with Crippen molar-refractivity contribution in [3.8, 4) is 11.8 Å². The van der Waals surface area contributed by atoms with E-state index in [2.05, 4.69) is 11.8 Å².